The van der Waals surface area contributed by atoms with E-state index < -0.39 is 17.7 Å². The minimum Gasteiger partial charge on any atom is -0.507 e. The molecule has 1 atom stereocenters. The Morgan fingerprint density at radius 1 is 0.838 bits per heavy atom. The predicted octanol–water partition coefficient (Wildman–Crippen LogP) is 4.39. The van der Waals surface area contributed by atoms with Crippen LogP contribution in [0.25, 0.3) is 5.76 Å². The second-order valence-electron chi connectivity index (χ2n) is 8.42. The number of hydrogen-bond donors (Lipinski definition) is 1. The first-order valence-electron chi connectivity index (χ1n) is 11.7. The van der Waals surface area contributed by atoms with Gasteiger partial charge in [0.1, 0.15) is 11.5 Å². The summed E-state index contributed by atoms with van der Waals surface area (Å²) in [4.78, 5) is 28.1. The molecule has 1 fully saturated rings. The Labute approximate surface area is 215 Å². The topological polar surface area (TPSA) is 94.5 Å². The van der Waals surface area contributed by atoms with E-state index in [1.54, 1.807) is 36.4 Å². The number of ketones is 1. The van der Waals surface area contributed by atoms with E-state index >= 15 is 0 Å². The summed E-state index contributed by atoms with van der Waals surface area (Å²) in [5, 5.41) is 11.3. The van der Waals surface area contributed by atoms with Crippen LogP contribution in [0.3, 0.4) is 0 Å². The minimum atomic E-state index is -0.875. The molecule has 1 unspecified atom stereocenters. The van der Waals surface area contributed by atoms with Gasteiger partial charge in [0.2, 0.25) is 5.75 Å². The molecule has 1 aliphatic rings. The van der Waals surface area contributed by atoms with Crippen LogP contribution in [0.2, 0.25) is 0 Å². The predicted molar refractivity (Wildman–Crippen MR) is 138 cm³/mol. The molecule has 0 spiro atoms. The standard InChI is InChI=1S/C29H29NO7/c1-34-21-12-10-19(11-13-21)26(31)24-25(20-16-22(35-2)28(37-4)23(17-20)36-3)30(29(33)27(24)32)15-14-18-8-6-5-7-9-18/h5-13,16-17,25,31H,14-15H2,1-4H3/b26-24-. The number of carbonyl (C=O) groups excluding carboxylic acids is 2. The Bertz CT molecular complexity index is 1290. The van der Waals surface area contributed by atoms with Gasteiger partial charge >= 0.3 is 0 Å². The summed E-state index contributed by atoms with van der Waals surface area (Å²) in [6, 6.07) is 18.8. The Morgan fingerprint density at radius 3 is 2.00 bits per heavy atom. The molecule has 0 aliphatic carbocycles. The molecule has 192 valence electrons. The van der Waals surface area contributed by atoms with Crippen molar-refractivity contribution in [2.24, 2.45) is 0 Å². The van der Waals surface area contributed by atoms with Gasteiger partial charge in [0, 0.05) is 12.1 Å². The van der Waals surface area contributed by atoms with Crippen LogP contribution >= 0.6 is 0 Å². The molecule has 0 radical (unpaired) electrons. The van der Waals surface area contributed by atoms with Crippen LogP contribution in [-0.2, 0) is 16.0 Å². The SMILES string of the molecule is COc1ccc(/C(O)=C2/C(=O)C(=O)N(CCc3ccccc3)C2c2cc(OC)c(OC)c(OC)c2)cc1. The fourth-order valence-corrected chi connectivity index (χ4v) is 4.52. The smallest absolute Gasteiger partial charge is 0.295 e. The van der Waals surface area contributed by atoms with Crippen molar-refractivity contribution < 1.29 is 33.6 Å². The lowest BCUT2D eigenvalue weighted by Crippen LogP contribution is -2.31. The second kappa shape index (κ2) is 11.1. The fraction of sp³-hybridized carbons (Fsp3) is 0.241. The van der Waals surface area contributed by atoms with E-state index in [-0.39, 0.29) is 17.9 Å². The summed E-state index contributed by atoms with van der Waals surface area (Å²) in [6.07, 6.45) is 0.525. The molecule has 0 bridgehead atoms. The quantitative estimate of drug-likeness (QED) is 0.263. The highest BCUT2D eigenvalue weighted by Gasteiger charge is 2.46. The highest BCUT2D eigenvalue weighted by molar-refractivity contribution is 6.46. The lowest BCUT2D eigenvalue weighted by Gasteiger charge is -2.26. The summed E-state index contributed by atoms with van der Waals surface area (Å²) in [5.74, 6) is -0.0112. The van der Waals surface area contributed by atoms with Crippen molar-refractivity contribution in [3.05, 3.63) is 89.0 Å². The molecule has 1 aliphatic heterocycles. The Kier molecular flexibility index (Phi) is 7.67. The van der Waals surface area contributed by atoms with E-state index in [9.17, 15) is 14.7 Å². The highest BCUT2D eigenvalue weighted by Crippen LogP contribution is 2.45. The summed E-state index contributed by atoms with van der Waals surface area (Å²) < 4.78 is 21.7. The van der Waals surface area contributed by atoms with Gasteiger partial charge in [0.15, 0.2) is 11.5 Å². The van der Waals surface area contributed by atoms with Crippen LogP contribution in [0.1, 0.15) is 22.7 Å². The molecule has 1 saturated heterocycles. The number of nitrogens with zero attached hydrogens (tertiary/aromatic N) is 1. The average Bonchev–Trinajstić information content (AvgIpc) is 3.20. The molecule has 3 aromatic rings. The molecule has 1 amide bonds. The summed E-state index contributed by atoms with van der Waals surface area (Å²) in [5.41, 5.74) is 1.93. The number of Topliss-reactive ketones (excluding diaryl/α,β-unsaturated/α-hetero) is 1. The third-order valence-electron chi connectivity index (χ3n) is 6.39. The van der Waals surface area contributed by atoms with E-state index in [1.807, 2.05) is 30.3 Å². The number of carbonyl (C=O) groups is 2. The van der Waals surface area contributed by atoms with Gasteiger partial charge in [-0.05, 0) is 53.9 Å². The number of aliphatic hydroxyl groups excluding tert-OH is 1. The van der Waals surface area contributed by atoms with Gasteiger partial charge in [0.25, 0.3) is 11.7 Å². The van der Waals surface area contributed by atoms with E-state index in [0.717, 1.165) is 5.56 Å². The molecule has 3 aromatic carbocycles. The summed E-state index contributed by atoms with van der Waals surface area (Å²) in [6.45, 7) is 0.259. The maximum absolute atomic E-state index is 13.4. The number of ether oxygens (including phenoxy) is 4. The van der Waals surface area contributed by atoms with E-state index in [1.165, 1.54) is 33.3 Å². The van der Waals surface area contributed by atoms with Gasteiger partial charge in [-0.1, -0.05) is 30.3 Å². The van der Waals surface area contributed by atoms with Crippen LogP contribution in [0.15, 0.2) is 72.3 Å². The third-order valence-corrected chi connectivity index (χ3v) is 6.39. The normalized spacial score (nSPS) is 16.5. The zero-order chi connectivity index (χ0) is 26.5. The van der Waals surface area contributed by atoms with Crippen LogP contribution in [0.5, 0.6) is 23.0 Å². The van der Waals surface area contributed by atoms with Crippen molar-refractivity contribution in [1.29, 1.82) is 0 Å². The van der Waals surface area contributed by atoms with Crippen molar-refractivity contribution in [3.8, 4) is 23.0 Å². The van der Waals surface area contributed by atoms with Gasteiger partial charge in [0.05, 0.1) is 40.1 Å². The number of rotatable bonds is 9. The zero-order valence-corrected chi connectivity index (χ0v) is 21.2. The molecular formula is C29H29NO7. The average molecular weight is 504 g/mol. The Morgan fingerprint density at radius 2 is 1.46 bits per heavy atom. The number of hydrogen-bond acceptors (Lipinski definition) is 7. The molecular weight excluding hydrogens is 474 g/mol. The first-order chi connectivity index (χ1) is 17.9. The maximum atomic E-state index is 13.4. The highest BCUT2D eigenvalue weighted by atomic mass is 16.5. The largest absolute Gasteiger partial charge is 0.507 e. The van der Waals surface area contributed by atoms with E-state index in [4.69, 9.17) is 18.9 Å². The lowest BCUT2D eigenvalue weighted by atomic mass is 9.94. The van der Waals surface area contributed by atoms with Crippen LogP contribution in [0.4, 0.5) is 0 Å². The van der Waals surface area contributed by atoms with Gasteiger partial charge in [-0.2, -0.15) is 0 Å². The zero-order valence-electron chi connectivity index (χ0n) is 21.2. The summed E-state index contributed by atoms with van der Waals surface area (Å²) in [7, 11) is 6.02. The Hall–Kier alpha value is -4.46. The van der Waals surface area contributed by atoms with Crippen molar-refractivity contribution in [1.82, 2.24) is 4.90 Å². The van der Waals surface area contributed by atoms with E-state index in [0.29, 0.717) is 40.5 Å². The van der Waals surface area contributed by atoms with Crippen molar-refractivity contribution in [2.45, 2.75) is 12.5 Å². The first kappa shape index (κ1) is 25.6. The minimum absolute atomic E-state index is 0.0162. The van der Waals surface area contributed by atoms with E-state index in [2.05, 4.69) is 0 Å². The van der Waals surface area contributed by atoms with Gasteiger partial charge in [-0.3, -0.25) is 9.59 Å². The molecule has 0 saturated carbocycles. The second-order valence-corrected chi connectivity index (χ2v) is 8.42. The molecule has 8 nitrogen and oxygen atoms in total. The molecule has 1 heterocycles. The van der Waals surface area contributed by atoms with Gasteiger partial charge in [-0.25, -0.2) is 0 Å². The number of aliphatic hydroxyl groups is 1. The van der Waals surface area contributed by atoms with Crippen molar-refractivity contribution in [2.75, 3.05) is 35.0 Å². The van der Waals surface area contributed by atoms with Crippen LogP contribution in [-0.4, -0.2) is 56.7 Å². The Balaban J connectivity index is 1.87. The van der Waals surface area contributed by atoms with Gasteiger partial charge < -0.3 is 29.0 Å². The molecule has 1 N–H and O–H groups in total. The third kappa shape index (κ3) is 4.95. The number of benzene rings is 3. The fourth-order valence-electron chi connectivity index (χ4n) is 4.52. The lowest BCUT2D eigenvalue weighted by molar-refractivity contribution is -0.139. The summed E-state index contributed by atoms with van der Waals surface area (Å²) >= 11 is 0. The van der Waals surface area contributed by atoms with Gasteiger partial charge in [-0.15, -0.1) is 0 Å². The van der Waals surface area contributed by atoms with Crippen LogP contribution in [0, 0.1) is 0 Å². The maximum Gasteiger partial charge on any atom is 0.295 e. The van der Waals surface area contributed by atoms with Crippen molar-refractivity contribution in [3.63, 3.8) is 0 Å². The monoisotopic (exact) mass is 503 g/mol. The molecule has 0 aromatic heterocycles. The van der Waals surface area contributed by atoms with Crippen molar-refractivity contribution >= 4 is 17.4 Å². The molecule has 37 heavy (non-hydrogen) atoms. The first-order valence-corrected chi connectivity index (χ1v) is 11.7. The molecule has 4 rings (SSSR count). The number of methoxy groups -OCH3 is 4. The van der Waals surface area contributed by atoms with Crippen LogP contribution < -0.4 is 18.9 Å². The number of amides is 1. The number of likely N-dealkylation sites (tertiary alicyclic amines) is 1. The molecule has 8 heteroatoms.